The van der Waals surface area contributed by atoms with Gasteiger partial charge in [-0.15, -0.1) is 0 Å². The van der Waals surface area contributed by atoms with Crippen LogP contribution >= 0.6 is 0 Å². The Morgan fingerprint density at radius 2 is 1.47 bits per heavy atom. The van der Waals surface area contributed by atoms with Gasteiger partial charge in [0, 0.05) is 13.0 Å². The molecule has 0 radical (unpaired) electrons. The Hall–Kier alpha value is -3.72. The molecule has 1 amide bonds. The molecular weight excluding hydrogens is 484 g/mol. The zero-order valence-corrected chi connectivity index (χ0v) is 21.4. The molecular formula is C30H32N2O6. The zero-order valence-electron chi connectivity index (χ0n) is 21.4. The standard InChI is InChI=1S/C30H32N2O6/c1-30(2)37-25(26(38-30)17-31-29(35)36-18-19-10-4-3-5-11-19)16-24(28(33)34)32-27-22-14-8-6-12-20(22)21-13-7-9-15-23(21)27/h3-15,24-27,32H,16-18H2,1-2H3,(H,31,35)(H,33,34)/t24-,25+,26+/m0/s1. The zero-order chi connectivity index (χ0) is 26.7. The van der Waals surface area contributed by atoms with Crippen molar-refractivity contribution in [1.82, 2.24) is 10.6 Å². The van der Waals surface area contributed by atoms with E-state index in [1.807, 2.05) is 66.7 Å². The monoisotopic (exact) mass is 516 g/mol. The fraction of sp³-hybridized carbons (Fsp3) is 0.333. The second-order valence-electron chi connectivity index (χ2n) is 10.1. The average molecular weight is 517 g/mol. The van der Waals surface area contributed by atoms with Crippen molar-refractivity contribution in [3.8, 4) is 11.1 Å². The quantitative estimate of drug-likeness (QED) is 0.381. The van der Waals surface area contributed by atoms with Crippen LogP contribution < -0.4 is 10.6 Å². The van der Waals surface area contributed by atoms with Crippen LogP contribution in [0, 0.1) is 0 Å². The van der Waals surface area contributed by atoms with Crippen LogP contribution in [0.5, 0.6) is 0 Å². The lowest BCUT2D eigenvalue weighted by atomic mass is 10.00. The van der Waals surface area contributed by atoms with Gasteiger partial charge < -0.3 is 24.6 Å². The SMILES string of the molecule is CC1(C)O[C@H](CNC(=O)OCc2ccccc2)[C@@H](C[C@H](NC2c3ccccc3-c3ccccc32)C(=O)O)O1. The summed E-state index contributed by atoms with van der Waals surface area (Å²) in [6, 6.07) is 24.3. The summed E-state index contributed by atoms with van der Waals surface area (Å²) in [6.07, 6.45) is -1.51. The minimum Gasteiger partial charge on any atom is -0.480 e. The van der Waals surface area contributed by atoms with E-state index >= 15 is 0 Å². The summed E-state index contributed by atoms with van der Waals surface area (Å²) in [6.45, 7) is 3.84. The van der Waals surface area contributed by atoms with Crippen LogP contribution in [-0.4, -0.2) is 47.8 Å². The van der Waals surface area contributed by atoms with E-state index in [0.717, 1.165) is 27.8 Å². The minimum absolute atomic E-state index is 0.128. The number of carbonyl (C=O) groups is 2. The Morgan fingerprint density at radius 3 is 2.11 bits per heavy atom. The van der Waals surface area contributed by atoms with E-state index in [2.05, 4.69) is 22.8 Å². The van der Waals surface area contributed by atoms with E-state index in [-0.39, 0.29) is 25.6 Å². The number of fused-ring (bicyclic) bond motifs is 3. The Bertz CT molecular complexity index is 1250. The molecule has 0 aromatic heterocycles. The number of nitrogens with one attached hydrogen (secondary N) is 2. The third-order valence-electron chi connectivity index (χ3n) is 6.91. The Kier molecular flexibility index (Phi) is 7.46. The van der Waals surface area contributed by atoms with Crippen molar-refractivity contribution in [3.63, 3.8) is 0 Å². The minimum atomic E-state index is -0.978. The third kappa shape index (κ3) is 5.72. The molecule has 0 bridgehead atoms. The normalized spacial score (nSPS) is 20.4. The molecule has 0 spiro atoms. The van der Waals surface area contributed by atoms with E-state index in [1.165, 1.54) is 0 Å². The van der Waals surface area contributed by atoms with Gasteiger partial charge in [-0.3, -0.25) is 10.1 Å². The number of benzene rings is 3. The van der Waals surface area contributed by atoms with Crippen molar-refractivity contribution >= 4 is 12.1 Å². The van der Waals surface area contributed by atoms with Gasteiger partial charge in [-0.2, -0.15) is 0 Å². The van der Waals surface area contributed by atoms with Crippen LogP contribution in [0.2, 0.25) is 0 Å². The van der Waals surface area contributed by atoms with Gasteiger partial charge in [0.15, 0.2) is 5.79 Å². The van der Waals surface area contributed by atoms with Crippen molar-refractivity contribution in [3.05, 3.63) is 95.6 Å². The molecule has 1 fully saturated rings. The highest BCUT2D eigenvalue weighted by atomic mass is 16.8. The number of alkyl carbamates (subject to hydrolysis) is 1. The van der Waals surface area contributed by atoms with E-state index in [0.29, 0.717) is 0 Å². The predicted octanol–water partition coefficient (Wildman–Crippen LogP) is 4.64. The van der Waals surface area contributed by atoms with E-state index < -0.39 is 36.1 Å². The first-order valence-electron chi connectivity index (χ1n) is 12.8. The van der Waals surface area contributed by atoms with Crippen LogP contribution in [0.25, 0.3) is 11.1 Å². The number of amides is 1. The van der Waals surface area contributed by atoms with E-state index in [1.54, 1.807) is 13.8 Å². The largest absolute Gasteiger partial charge is 0.480 e. The highest BCUT2D eigenvalue weighted by molar-refractivity contribution is 5.79. The number of ether oxygens (including phenoxy) is 3. The number of carbonyl (C=O) groups excluding carboxylic acids is 1. The molecule has 3 aromatic carbocycles. The third-order valence-corrected chi connectivity index (χ3v) is 6.91. The number of hydrogen-bond acceptors (Lipinski definition) is 6. The molecule has 0 unspecified atom stereocenters. The van der Waals surface area contributed by atoms with Crippen LogP contribution in [0.3, 0.4) is 0 Å². The van der Waals surface area contributed by atoms with Crippen LogP contribution in [-0.2, 0) is 25.6 Å². The maximum atomic E-state index is 12.4. The first-order chi connectivity index (χ1) is 18.3. The van der Waals surface area contributed by atoms with E-state index in [9.17, 15) is 14.7 Å². The number of rotatable bonds is 9. The second kappa shape index (κ2) is 10.9. The maximum Gasteiger partial charge on any atom is 0.407 e. The highest BCUT2D eigenvalue weighted by Crippen LogP contribution is 2.43. The molecule has 1 aliphatic carbocycles. The summed E-state index contributed by atoms with van der Waals surface area (Å²) >= 11 is 0. The Morgan fingerprint density at radius 1 is 0.895 bits per heavy atom. The molecule has 3 aromatic rings. The van der Waals surface area contributed by atoms with Gasteiger partial charge in [0.1, 0.15) is 18.8 Å². The predicted molar refractivity (Wildman–Crippen MR) is 141 cm³/mol. The number of hydrogen-bond donors (Lipinski definition) is 3. The molecule has 3 atom stereocenters. The topological polar surface area (TPSA) is 106 Å². The number of carboxylic acid groups (broad SMARTS) is 1. The molecule has 0 saturated carbocycles. The first kappa shape index (κ1) is 25.9. The molecule has 1 saturated heterocycles. The van der Waals surface area contributed by atoms with Crippen molar-refractivity contribution in [1.29, 1.82) is 0 Å². The molecule has 8 heteroatoms. The summed E-state index contributed by atoms with van der Waals surface area (Å²) in [5, 5.41) is 16.2. The maximum absolute atomic E-state index is 12.4. The summed E-state index contributed by atoms with van der Waals surface area (Å²) in [7, 11) is 0. The molecule has 38 heavy (non-hydrogen) atoms. The molecule has 1 aliphatic heterocycles. The van der Waals surface area contributed by atoms with Gasteiger partial charge in [-0.05, 0) is 41.7 Å². The molecule has 198 valence electrons. The van der Waals surface area contributed by atoms with Gasteiger partial charge in [0.2, 0.25) is 0 Å². The number of aliphatic carboxylic acids is 1. The molecule has 1 heterocycles. The molecule has 3 N–H and O–H groups in total. The lowest BCUT2D eigenvalue weighted by Crippen LogP contribution is -2.45. The van der Waals surface area contributed by atoms with Crippen molar-refractivity contribution in [2.45, 2.75) is 57.0 Å². The Labute approximate surface area is 221 Å². The Balaban J connectivity index is 1.25. The lowest BCUT2D eigenvalue weighted by molar-refractivity contribution is -0.150. The first-order valence-corrected chi connectivity index (χ1v) is 12.8. The molecule has 5 rings (SSSR count). The van der Waals surface area contributed by atoms with Crippen LogP contribution in [0.15, 0.2) is 78.9 Å². The van der Waals surface area contributed by atoms with E-state index in [4.69, 9.17) is 14.2 Å². The van der Waals surface area contributed by atoms with Gasteiger partial charge >= 0.3 is 12.1 Å². The van der Waals surface area contributed by atoms with Gasteiger partial charge in [0.25, 0.3) is 0 Å². The fourth-order valence-electron chi connectivity index (χ4n) is 5.25. The van der Waals surface area contributed by atoms with Crippen molar-refractivity contribution < 1.29 is 28.9 Å². The summed E-state index contributed by atoms with van der Waals surface area (Å²) in [5.74, 6) is -1.89. The van der Waals surface area contributed by atoms with Gasteiger partial charge in [-0.1, -0.05) is 78.9 Å². The van der Waals surface area contributed by atoms with Crippen molar-refractivity contribution in [2.24, 2.45) is 0 Å². The highest BCUT2D eigenvalue weighted by Gasteiger charge is 2.44. The fourth-order valence-corrected chi connectivity index (χ4v) is 5.25. The molecule has 2 aliphatic rings. The van der Waals surface area contributed by atoms with Gasteiger partial charge in [0.05, 0.1) is 12.1 Å². The summed E-state index contributed by atoms with van der Waals surface area (Å²) < 4.78 is 17.4. The van der Waals surface area contributed by atoms with Crippen LogP contribution in [0.4, 0.5) is 4.79 Å². The van der Waals surface area contributed by atoms with Gasteiger partial charge in [-0.25, -0.2) is 4.79 Å². The second-order valence-corrected chi connectivity index (χ2v) is 10.1. The summed E-state index contributed by atoms with van der Waals surface area (Å²) in [4.78, 5) is 24.7. The van der Waals surface area contributed by atoms with Crippen molar-refractivity contribution in [2.75, 3.05) is 6.54 Å². The summed E-state index contributed by atoms with van der Waals surface area (Å²) in [5.41, 5.74) is 5.17. The smallest absolute Gasteiger partial charge is 0.407 e. The molecule has 8 nitrogen and oxygen atoms in total. The average Bonchev–Trinajstić information content (AvgIpc) is 3.39. The lowest BCUT2D eigenvalue weighted by Gasteiger charge is -2.25. The van der Waals surface area contributed by atoms with Crippen LogP contribution in [0.1, 0.15) is 43.0 Å². The number of carboxylic acids is 1.